The number of carbonyl (C=O) groups excluding carboxylic acids is 4. The minimum Gasteiger partial charge on any atom is -0.396 e. The number of imidazole rings is 1. The number of nitrogens with zero attached hydrogens (tertiary/aromatic N) is 4. The number of thioether (sulfide) groups is 1. The molecule has 1 saturated heterocycles. The molecule has 0 aromatic carbocycles. The Morgan fingerprint density at radius 3 is 2.34 bits per heavy atom. The zero-order chi connectivity index (χ0) is 43.6. The Morgan fingerprint density at radius 2 is 1.69 bits per heavy atom. The van der Waals surface area contributed by atoms with Crippen LogP contribution in [0, 0.1) is 5.41 Å². The number of phosphoric ester groups is 3. The third-order valence-corrected chi connectivity index (χ3v) is 11.9. The number of aliphatic hydroxyl groups excluding tert-OH is 4. The first kappa shape index (κ1) is 49.5. The number of Topliss-reactive ketones (excluding diaryl/α,β-unsaturated/α-hetero) is 1. The van der Waals surface area contributed by atoms with Crippen LogP contribution in [0.15, 0.2) is 12.7 Å². The summed E-state index contributed by atoms with van der Waals surface area (Å²) >= 11 is 0.674. The van der Waals surface area contributed by atoms with Gasteiger partial charge in [-0.3, -0.25) is 37.3 Å². The molecule has 2 aromatic heterocycles. The number of ketones is 1. The number of hydrogen-bond donors (Lipinski definition) is 11. The predicted molar refractivity (Wildman–Crippen MR) is 194 cm³/mol. The third-order valence-electron chi connectivity index (χ3n) is 7.83. The van der Waals surface area contributed by atoms with Crippen LogP contribution in [0.1, 0.15) is 39.3 Å². The lowest BCUT2D eigenvalue weighted by molar-refractivity contribution is -0.137. The summed E-state index contributed by atoms with van der Waals surface area (Å²) in [4.78, 5) is 98.8. The van der Waals surface area contributed by atoms with Gasteiger partial charge in [-0.15, -0.1) is 0 Å². The summed E-state index contributed by atoms with van der Waals surface area (Å²) < 4.78 is 62.0. The number of anilines is 1. The molecule has 0 spiro atoms. The largest absolute Gasteiger partial charge is 0.481 e. The number of phosphoric acid groups is 3. The fraction of sp³-hybridized carbons (Fsp3) is 0.667. The van der Waals surface area contributed by atoms with Crippen LogP contribution >= 0.6 is 35.2 Å². The Hall–Kier alpha value is -2.85. The van der Waals surface area contributed by atoms with Gasteiger partial charge < -0.3 is 61.1 Å². The standard InChI is InChI=1S/C27H44N7O20P3S/c1-27(2,21(40)24(41)30-5-3-17(38)29-6-8-58-26(42)15(37)9-14(36)4-7-35)11-51-57(48,49)54-56(46,47)50-10-16-20(53-55(43,44)45)19(39)25(52-16)34-13-33-18-22(28)31-12-32-23(18)34/h12-13,15-16,19-21,25,35,37,39-40H,3-11H2,1-2H3,(H,29,38)(H,30,41)(H,46,47)(H,48,49)(H2,28,31,32)(H2,43,44,45)/t15?,16-,19-,20-,21+,25-/m1/s1. The Balaban J connectivity index is 1.46. The summed E-state index contributed by atoms with van der Waals surface area (Å²) in [6.45, 7) is -0.373. The molecular formula is C27H44N7O20P3S. The number of ether oxygens (including phenoxy) is 1. The Kier molecular flexibility index (Phi) is 18.0. The van der Waals surface area contributed by atoms with Crippen molar-refractivity contribution in [1.29, 1.82) is 0 Å². The van der Waals surface area contributed by atoms with Crippen molar-refractivity contribution < 1.29 is 95.5 Å². The van der Waals surface area contributed by atoms with Crippen molar-refractivity contribution in [1.82, 2.24) is 30.2 Å². The second kappa shape index (κ2) is 21.1. The third kappa shape index (κ3) is 15.0. The molecule has 27 nitrogen and oxygen atoms in total. The molecule has 3 rings (SSSR count). The summed E-state index contributed by atoms with van der Waals surface area (Å²) in [6, 6.07) is 0. The highest BCUT2D eigenvalue weighted by Gasteiger charge is 2.50. The fourth-order valence-electron chi connectivity index (χ4n) is 4.90. The Bertz CT molecular complexity index is 1920. The predicted octanol–water partition coefficient (Wildman–Crippen LogP) is -2.63. The summed E-state index contributed by atoms with van der Waals surface area (Å²) in [6.07, 6.45) is -9.39. The number of carbonyl (C=O) groups is 4. The molecule has 2 aromatic rings. The molecule has 0 bridgehead atoms. The van der Waals surface area contributed by atoms with Gasteiger partial charge in [-0.25, -0.2) is 28.6 Å². The van der Waals surface area contributed by atoms with Crippen molar-refractivity contribution in [3.05, 3.63) is 12.7 Å². The molecule has 1 aliphatic heterocycles. The highest BCUT2D eigenvalue weighted by molar-refractivity contribution is 8.13. The number of rotatable bonds is 24. The first-order valence-corrected chi connectivity index (χ1v) is 22.2. The molecule has 58 heavy (non-hydrogen) atoms. The maximum Gasteiger partial charge on any atom is 0.481 e. The van der Waals surface area contributed by atoms with Crippen LogP contribution in [0.25, 0.3) is 11.2 Å². The van der Waals surface area contributed by atoms with Crippen LogP contribution in [0.2, 0.25) is 0 Å². The smallest absolute Gasteiger partial charge is 0.396 e. The lowest BCUT2D eigenvalue weighted by Crippen LogP contribution is -2.46. The molecule has 12 N–H and O–H groups in total. The van der Waals surface area contributed by atoms with Gasteiger partial charge >= 0.3 is 23.5 Å². The van der Waals surface area contributed by atoms with E-state index in [1.807, 2.05) is 0 Å². The quantitative estimate of drug-likeness (QED) is 0.0379. The van der Waals surface area contributed by atoms with E-state index in [1.165, 1.54) is 13.8 Å². The normalized spacial score (nSPS) is 21.8. The maximum atomic E-state index is 12.7. The summed E-state index contributed by atoms with van der Waals surface area (Å²) in [7, 11) is -16.5. The number of amides is 2. The molecule has 0 aliphatic carbocycles. The summed E-state index contributed by atoms with van der Waals surface area (Å²) in [5.74, 6) is -2.10. The van der Waals surface area contributed by atoms with Gasteiger partial charge in [0.2, 0.25) is 16.9 Å². The number of aliphatic hydroxyl groups is 4. The highest BCUT2D eigenvalue weighted by Crippen LogP contribution is 2.61. The van der Waals surface area contributed by atoms with Gasteiger partial charge in [0.1, 0.15) is 48.1 Å². The van der Waals surface area contributed by atoms with Crippen LogP contribution in [0.5, 0.6) is 0 Å². The van der Waals surface area contributed by atoms with E-state index >= 15 is 0 Å². The van der Waals surface area contributed by atoms with Crippen molar-refractivity contribution in [3.8, 4) is 0 Å². The SMILES string of the molecule is CC(C)(COP(=O)(O)OP(=O)(O)OC[C@H]1O[C@@H](n2cnc3c(N)ncnc32)[C@H](O)[C@@H]1OP(=O)(O)O)[C@@H](O)C(=O)NCCC(=O)NCCSC(=O)C(O)CC(=O)CCO. The van der Waals surface area contributed by atoms with Crippen molar-refractivity contribution in [2.45, 2.75) is 69.9 Å². The van der Waals surface area contributed by atoms with E-state index in [0.717, 1.165) is 17.2 Å². The topological polar surface area (TPSA) is 421 Å². The summed E-state index contributed by atoms with van der Waals surface area (Å²) in [5, 5.41) is 43.9. The highest BCUT2D eigenvalue weighted by atomic mass is 32.2. The van der Waals surface area contributed by atoms with Crippen LogP contribution in [0.3, 0.4) is 0 Å². The first-order chi connectivity index (χ1) is 26.9. The van der Waals surface area contributed by atoms with Crippen LogP contribution in [0.4, 0.5) is 5.82 Å². The van der Waals surface area contributed by atoms with Gasteiger partial charge in [0, 0.05) is 50.1 Å². The van der Waals surface area contributed by atoms with Crippen molar-refractivity contribution in [3.63, 3.8) is 0 Å². The van der Waals surface area contributed by atoms with E-state index in [0.29, 0.717) is 11.8 Å². The molecule has 1 aliphatic rings. The molecule has 31 heteroatoms. The number of nitrogens with two attached hydrogens (primary N) is 1. The number of fused-ring (bicyclic) bond motifs is 1. The van der Waals surface area contributed by atoms with Gasteiger partial charge in [0.05, 0.1) is 19.5 Å². The second-order valence-electron chi connectivity index (χ2n) is 13.0. The van der Waals surface area contributed by atoms with Crippen molar-refractivity contribution in [2.75, 3.05) is 44.4 Å². The molecular weight excluding hydrogens is 867 g/mol. The summed E-state index contributed by atoms with van der Waals surface area (Å²) in [5.41, 5.74) is 4.17. The molecule has 1 fully saturated rings. The lowest BCUT2D eigenvalue weighted by atomic mass is 9.87. The molecule has 3 unspecified atom stereocenters. The van der Waals surface area contributed by atoms with Gasteiger partial charge in [0.25, 0.3) is 0 Å². The number of nitrogens with one attached hydrogen (secondary N) is 2. The number of nitrogen functional groups attached to an aromatic ring is 1. The molecule has 328 valence electrons. The van der Waals surface area contributed by atoms with Crippen LogP contribution in [-0.4, -0.2) is 151 Å². The Labute approximate surface area is 332 Å². The molecule has 2 amide bonds. The molecule has 0 saturated carbocycles. The van der Waals surface area contributed by atoms with Crippen LogP contribution < -0.4 is 16.4 Å². The van der Waals surface area contributed by atoms with E-state index in [1.54, 1.807) is 0 Å². The van der Waals surface area contributed by atoms with Gasteiger partial charge in [-0.1, -0.05) is 25.6 Å². The second-order valence-corrected chi connectivity index (χ2v) is 18.3. The molecule has 0 radical (unpaired) electrons. The molecule has 8 atom stereocenters. The van der Waals surface area contributed by atoms with E-state index in [2.05, 4.69) is 34.4 Å². The van der Waals surface area contributed by atoms with E-state index in [4.69, 9.17) is 24.6 Å². The lowest BCUT2D eigenvalue weighted by Gasteiger charge is -2.30. The van der Waals surface area contributed by atoms with Crippen molar-refractivity contribution in [2.24, 2.45) is 5.41 Å². The van der Waals surface area contributed by atoms with E-state index in [9.17, 15) is 67.8 Å². The zero-order valence-corrected chi connectivity index (χ0v) is 34.1. The number of hydrogen-bond acceptors (Lipinski definition) is 21. The van der Waals surface area contributed by atoms with Gasteiger partial charge in [0.15, 0.2) is 17.7 Å². The molecule has 3 heterocycles. The van der Waals surface area contributed by atoms with Crippen molar-refractivity contribution >= 4 is 74.9 Å². The van der Waals surface area contributed by atoms with Crippen LogP contribution in [-0.2, 0) is 55.5 Å². The fourth-order valence-corrected chi connectivity index (χ4v) is 8.41. The minimum absolute atomic E-state index is 0.0115. The monoisotopic (exact) mass is 911 g/mol. The van der Waals surface area contributed by atoms with E-state index in [-0.39, 0.29) is 48.7 Å². The average Bonchev–Trinajstić information content (AvgIpc) is 3.68. The first-order valence-electron chi connectivity index (χ1n) is 16.7. The van der Waals surface area contributed by atoms with Gasteiger partial charge in [-0.2, -0.15) is 4.31 Å². The Morgan fingerprint density at radius 1 is 1.02 bits per heavy atom. The van der Waals surface area contributed by atoms with Gasteiger partial charge in [-0.05, 0) is 0 Å². The minimum atomic E-state index is -5.60. The van der Waals surface area contributed by atoms with E-state index < -0.39 is 115 Å². The average molecular weight is 912 g/mol. The number of aromatic nitrogens is 4. The maximum absolute atomic E-state index is 12.7. The zero-order valence-electron chi connectivity index (χ0n) is 30.6.